The van der Waals surface area contributed by atoms with Crippen molar-refractivity contribution in [3.63, 3.8) is 0 Å². The fourth-order valence-electron chi connectivity index (χ4n) is 7.63. The molecule has 0 aromatic heterocycles. The van der Waals surface area contributed by atoms with Gasteiger partial charge in [0.15, 0.2) is 0 Å². The minimum absolute atomic E-state index is 0.339. The van der Waals surface area contributed by atoms with Crippen molar-refractivity contribution in [1.29, 1.82) is 0 Å². The number of rotatable bonds is 8. The third-order valence-electron chi connectivity index (χ3n) is 10.2. The van der Waals surface area contributed by atoms with E-state index in [2.05, 4.69) is 53.3 Å². The Labute approximate surface area is 203 Å². The molecular weight excluding hydrogens is 408 g/mol. The van der Waals surface area contributed by atoms with Gasteiger partial charge in [-0.2, -0.15) is 0 Å². The van der Waals surface area contributed by atoms with Crippen molar-refractivity contribution in [2.45, 2.75) is 123 Å². The van der Waals surface area contributed by atoms with E-state index in [4.69, 9.17) is 0 Å². The van der Waals surface area contributed by atoms with E-state index in [1.54, 1.807) is 5.57 Å². The minimum atomic E-state index is -0.623. The summed E-state index contributed by atoms with van der Waals surface area (Å²) >= 11 is 0. The standard InChI is InChI=1S/C30H50O3/c1-7-23(19-30(33,8-2)9-3)20(4)25-14-15-26-24(11-10-16-29(25,26)6)13-12-22-17-27(31)21(5)28(32)18-22/h12-13,20,23,25-28,31-33H,5,7-11,14-19H2,1-4,6H3/b24-13+/t20-,23-,25-,26+,27-,28-,29-/m1/s1. The van der Waals surface area contributed by atoms with E-state index in [1.807, 2.05) is 0 Å². The zero-order chi connectivity index (χ0) is 24.4. The molecule has 3 N–H and O–H groups in total. The highest BCUT2D eigenvalue weighted by Crippen LogP contribution is 2.60. The lowest BCUT2D eigenvalue weighted by Gasteiger charge is -2.46. The molecule has 0 bridgehead atoms. The molecule has 188 valence electrons. The normalized spacial score (nSPS) is 36.1. The first-order valence-corrected chi connectivity index (χ1v) is 13.7. The third kappa shape index (κ3) is 5.52. The molecule has 0 aromatic carbocycles. The zero-order valence-electron chi connectivity index (χ0n) is 21.9. The molecule has 33 heavy (non-hydrogen) atoms. The maximum atomic E-state index is 11.1. The Bertz CT molecular complexity index is 730. The molecule has 3 heteroatoms. The van der Waals surface area contributed by atoms with E-state index in [1.165, 1.54) is 32.1 Å². The Hall–Kier alpha value is -0.900. The SMILES string of the molecule is C=C1[C@H](O)CC(=C/C=C2\CCC[C@]3(C)[C@@H]([C@H](C)[C@H](CC)CC(O)(CC)CC)CC[C@@H]23)C[C@H]1O. The number of aliphatic hydroxyl groups is 3. The Morgan fingerprint density at radius 1 is 1.09 bits per heavy atom. The maximum absolute atomic E-state index is 11.1. The summed E-state index contributed by atoms with van der Waals surface area (Å²) in [4.78, 5) is 0. The van der Waals surface area contributed by atoms with Gasteiger partial charge in [0.1, 0.15) is 0 Å². The Kier molecular flexibility index (Phi) is 8.73. The van der Waals surface area contributed by atoms with Crippen molar-refractivity contribution in [2.24, 2.45) is 29.1 Å². The molecule has 0 unspecified atom stereocenters. The van der Waals surface area contributed by atoms with Crippen LogP contribution in [0.1, 0.15) is 105 Å². The van der Waals surface area contributed by atoms with Crippen LogP contribution < -0.4 is 0 Å². The van der Waals surface area contributed by atoms with Gasteiger partial charge < -0.3 is 15.3 Å². The summed E-state index contributed by atoms with van der Waals surface area (Å²) in [5.41, 5.74) is 3.09. The molecule has 3 fully saturated rings. The molecular formula is C30H50O3. The van der Waals surface area contributed by atoms with Gasteiger partial charge in [-0.05, 0) is 98.9 Å². The highest BCUT2D eigenvalue weighted by atomic mass is 16.3. The van der Waals surface area contributed by atoms with Gasteiger partial charge in [-0.3, -0.25) is 0 Å². The average Bonchev–Trinajstić information content (AvgIpc) is 3.16. The number of hydrogen-bond donors (Lipinski definition) is 3. The van der Waals surface area contributed by atoms with E-state index in [0.29, 0.717) is 47.5 Å². The zero-order valence-corrected chi connectivity index (χ0v) is 21.9. The first kappa shape index (κ1) is 26.7. The molecule has 0 saturated heterocycles. The van der Waals surface area contributed by atoms with E-state index >= 15 is 0 Å². The fraction of sp³-hybridized carbons (Fsp3) is 0.800. The molecule has 0 radical (unpaired) electrons. The molecule has 0 aliphatic heterocycles. The quantitative estimate of drug-likeness (QED) is 0.353. The largest absolute Gasteiger partial charge is 0.390 e. The van der Waals surface area contributed by atoms with Gasteiger partial charge in [-0.1, -0.05) is 70.9 Å². The maximum Gasteiger partial charge on any atom is 0.0809 e. The van der Waals surface area contributed by atoms with Gasteiger partial charge in [-0.15, -0.1) is 0 Å². The first-order chi connectivity index (χ1) is 15.6. The number of aliphatic hydroxyl groups excluding tert-OH is 2. The topological polar surface area (TPSA) is 60.7 Å². The van der Waals surface area contributed by atoms with Gasteiger partial charge in [0, 0.05) is 0 Å². The Morgan fingerprint density at radius 3 is 2.30 bits per heavy atom. The molecule has 0 amide bonds. The molecule has 3 rings (SSSR count). The van der Waals surface area contributed by atoms with Crippen LogP contribution in [0, 0.1) is 29.1 Å². The predicted octanol–water partition coefficient (Wildman–Crippen LogP) is 6.73. The lowest BCUT2D eigenvalue weighted by Crippen LogP contribution is -2.40. The van der Waals surface area contributed by atoms with Gasteiger partial charge >= 0.3 is 0 Å². The number of fused-ring (bicyclic) bond motifs is 1. The van der Waals surface area contributed by atoms with E-state index in [0.717, 1.165) is 31.3 Å². The van der Waals surface area contributed by atoms with E-state index in [-0.39, 0.29) is 0 Å². The number of allylic oxidation sites excluding steroid dienone is 3. The summed E-state index contributed by atoms with van der Waals surface area (Å²) in [5, 5.41) is 31.4. The van der Waals surface area contributed by atoms with E-state index < -0.39 is 17.8 Å². The molecule has 0 aromatic rings. The van der Waals surface area contributed by atoms with Gasteiger partial charge in [0.05, 0.1) is 17.8 Å². The molecule has 0 spiro atoms. The van der Waals surface area contributed by atoms with Crippen LogP contribution in [0.25, 0.3) is 0 Å². The van der Waals surface area contributed by atoms with E-state index in [9.17, 15) is 15.3 Å². The Balaban J connectivity index is 1.76. The van der Waals surface area contributed by atoms with Gasteiger partial charge in [-0.25, -0.2) is 0 Å². The Morgan fingerprint density at radius 2 is 1.73 bits per heavy atom. The average molecular weight is 459 g/mol. The fourth-order valence-corrected chi connectivity index (χ4v) is 7.63. The number of hydrogen-bond acceptors (Lipinski definition) is 3. The highest BCUT2D eigenvalue weighted by molar-refractivity contribution is 5.29. The van der Waals surface area contributed by atoms with Crippen LogP contribution in [-0.4, -0.2) is 33.1 Å². The lowest BCUT2D eigenvalue weighted by molar-refractivity contribution is -0.0162. The molecule has 3 aliphatic carbocycles. The minimum Gasteiger partial charge on any atom is -0.390 e. The van der Waals surface area contributed by atoms with Crippen molar-refractivity contribution in [2.75, 3.05) is 0 Å². The summed E-state index contributed by atoms with van der Waals surface area (Å²) in [6.07, 6.45) is 14.5. The summed E-state index contributed by atoms with van der Waals surface area (Å²) in [7, 11) is 0. The summed E-state index contributed by atoms with van der Waals surface area (Å²) < 4.78 is 0. The monoisotopic (exact) mass is 458 g/mol. The smallest absolute Gasteiger partial charge is 0.0809 e. The van der Waals surface area contributed by atoms with Crippen LogP contribution in [0.15, 0.2) is 35.5 Å². The third-order valence-corrected chi connectivity index (χ3v) is 10.2. The second-order valence-corrected chi connectivity index (χ2v) is 11.8. The van der Waals surface area contributed by atoms with Crippen LogP contribution in [0.2, 0.25) is 0 Å². The van der Waals surface area contributed by atoms with Gasteiger partial charge in [0.25, 0.3) is 0 Å². The predicted molar refractivity (Wildman–Crippen MR) is 138 cm³/mol. The molecule has 7 atom stereocenters. The summed E-state index contributed by atoms with van der Waals surface area (Å²) in [6, 6.07) is 0. The van der Waals surface area contributed by atoms with Crippen molar-refractivity contribution in [3.8, 4) is 0 Å². The van der Waals surface area contributed by atoms with Crippen molar-refractivity contribution < 1.29 is 15.3 Å². The van der Waals surface area contributed by atoms with Crippen LogP contribution in [-0.2, 0) is 0 Å². The second-order valence-electron chi connectivity index (χ2n) is 11.8. The van der Waals surface area contributed by atoms with Crippen LogP contribution >= 0.6 is 0 Å². The van der Waals surface area contributed by atoms with Crippen LogP contribution in [0.5, 0.6) is 0 Å². The van der Waals surface area contributed by atoms with Crippen molar-refractivity contribution in [3.05, 3.63) is 35.5 Å². The second kappa shape index (κ2) is 10.8. The molecule has 3 nitrogen and oxygen atoms in total. The molecule has 3 aliphatic rings. The highest BCUT2D eigenvalue weighted by Gasteiger charge is 2.51. The van der Waals surface area contributed by atoms with Crippen molar-refractivity contribution >= 4 is 0 Å². The summed E-state index contributed by atoms with van der Waals surface area (Å²) in [5.74, 6) is 2.55. The molecule has 0 heterocycles. The summed E-state index contributed by atoms with van der Waals surface area (Å²) in [6.45, 7) is 15.4. The molecule has 3 saturated carbocycles. The lowest BCUT2D eigenvalue weighted by atomic mass is 9.59. The van der Waals surface area contributed by atoms with Crippen molar-refractivity contribution in [1.82, 2.24) is 0 Å². The first-order valence-electron chi connectivity index (χ1n) is 13.7. The van der Waals surface area contributed by atoms with Gasteiger partial charge in [0.2, 0.25) is 0 Å². The van der Waals surface area contributed by atoms with Crippen LogP contribution in [0.3, 0.4) is 0 Å². The van der Waals surface area contributed by atoms with Crippen LogP contribution in [0.4, 0.5) is 0 Å².